The van der Waals surface area contributed by atoms with E-state index >= 15 is 0 Å². The molecule has 1 aromatic carbocycles. The minimum atomic E-state index is 0.636. The fraction of sp³-hybridized carbons (Fsp3) is 0.529. The Bertz CT molecular complexity index is 630. The predicted octanol–water partition coefficient (Wildman–Crippen LogP) is 2.20. The van der Waals surface area contributed by atoms with Crippen LogP contribution in [0.15, 0.2) is 30.5 Å². The molecule has 3 heteroatoms. The van der Waals surface area contributed by atoms with E-state index in [-0.39, 0.29) is 0 Å². The molecule has 0 amide bonds. The average Bonchev–Trinajstić information content (AvgIpc) is 3.06. The molecule has 0 spiro atoms. The maximum absolute atomic E-state index is 2.63. The van der Waals surface area contributed by atoms with Crippen molar-refractivity contribution in [3.05, 3.63) is 36.0 Å². The van der Waals surface area contributed by atoms with Crippen molar-refractivity contribution >= 4 is 10.9 Å². The number of likely N-dealkylation sites (N-methyl/N-ethyl adjacent to an activating group) is 2. The van der Waals surface area contributed by atoms with E-state index in [0.29, 0.717) is 6.04 Å². The third-order valence-electron chi connectivity index (χ3n) is 5.25. The normalized spacial score (nSPS) is 26.8. The first kappa shape index (κ1) is 12.4. The third kappa shape index (κ3) is 1.88. The first-order chi connectivity index (χ1) is 9.72. The van der Waals surface area contributed by atoms with Gasteiger partial charge in [-0.25, -0.2) is 0 Å². The summed E-state index contributed by atoms with van der Waals surface area (Å²) in [5, 5.41) is 1.39. The van der Waals surface area contributed by atoms with Gasteiger partial charge in [-0.2, -0.15) is 0 Å². The quantitative estimate of drug-likeness (QED) is 0.828. The lowest BCUT2D eigenvalue weighted by Gasteiger charge is -2.36. The van der Waals surface area contributed by atoms with Crippen molar-refractivity contribution in [2.24, 2.45) is 0 Å². The van der Waals surface area contributed by atoms with E-state index in [1.54, 1.807) is 0 Å². The topological polar surface area (TPSA) is 11.4 Å². The molecule has 2 aromatic rings. The summed E-state index contributed by atoms with van der Waals surface area (Å²) in [4.78, 5) is 5.08. The summed E-state index contributed by atoms with van der Waals surface area (Å²) in [6, 6.07) is 10.3. The van der Waals surface area contributed by atoms with Crippen molar-refractivity contribution in [2.75, 3.05) is 27.2 Å². The predicted molar refractivity (Wildman–Crippen MR) is 83.1 cm³/mol. The van der Waals surface area contributed by atoms with Crippen LogP contribution >= 0.6 is 0 Å². The van der Waals surface area contributed by atoms with Crippen LogP contribution in [0.2, 0.25) is 0 Å². The molecule has 0 radical (unpaired) electrons. The van der Waals surface area contributed by atoms with Crippen molar-refractivity contribution < 1.29 is 0 Å². The number of rotatable bonds is 2. The van der Waals surface area contributed by atoms with Gasteiger partial charge in [0.25, 0.3) is 0 Å². The Balaban J connectivity index is 1.61. The molecule has 0 aliphatic carbocycles. The Labute approximate surface area is 120 Å². The highest BCUT2D eigenvalue weighted by molar-refractivity contribution is 5.84. The molecule has 0 N–H and O–H groups in total. The van der Waals surface area contributed by atoms with E-state index in [4.69, 9.17) is 0 Å². The standard InChI is InChI=1S/C17H23N3/c1-18-8-7-15(11-18)19(2)16-10-14-5-3-4-13-6-9-20(12-16)17(13)14/h3-6,9,15-16H,7-8,10-12H2,1-2H3. The number of para-hydroxylation sites is 1. The summed E-state index contributed by atoms with van der Waals surface area (Å²) in [7, 11) is 4.56. The van der Waals surface area contributed by atoms with Gasteiger partial charge in [0.1, 0.15) is 0 Å². The molecule has 2 aliphatic rings. The molecular formula is C17H23N3. The maximum atomic E-state index is 2.63. The smallest absolute Gasteiger partial charge is 0.0513 e. The second kappa shape index (κ2) is 4.61. The second-order valence-electron chi connectivity index (χ2n) is 6.55. The zero-order chi connectivity index (χ0) is 13.7. The highest BCUT2D eigenvalue weighted by Gasteiger charge is 2.30. The largest absolute Gasteiger partial charge is 0.346 e. The van der Waals surface area contributed by atoms with E-state index in [1.165, 1.54) is 42.4 Å². The number of hydrogen-bond donors (Lipinski definition) is 0. The lowest BCUT2D eigenvalue weighted by Crippen LogP contribution is -2.46. The van der Waals surface area contributed by atoms with Crippen molar-refractivity contribution in [2.45, 2.75) is 31.5 Å². The summed E-state index contributed by atoms with van der Waals surface area (Å²) in [6.45, 7) is 3.60. The molecule has 2 atom stereocenters. The minimum Gasteiger partial charge on any atom is -0.346 e. The second-order valence-corrected chi connectivity index (χ2v) is 6.55. The fourth-order valence-electron chi connectivity index (χ4n) is 4.02. The van der Waals surface area contributed by atoms with Gasteiger partial charge in [0, 0.05) is 31.4 Å². The van der Waals surface area contributed by atoms with Gasteiger partial charge in [0.05, 0.1) is 5.52 Å². The van der Waals surface area contributed by atoms with Crippen LogP contribution in [-0.4, -0.2) is 53.6 Å². The molecule has 1 aromatic heterocycles. The molecule has 0 saturated carbocycles. The zero-order valence-corrected chi connectivity index (χ0v) is 12.4. The highest BCUT2D eigenvalue weighted by Crippen LogP contribution is 2.29. The molecule has 2 unspecified atom stereocenters. The number of nitrogens with zero attached hydrogens (tertiary/aromatic N) is 3. The summed E-state index contributed by atoms with van der Waals surface area (Å²) < 4.78 is 2.45. The van der Waals surface area contributed by atoms with Crippen LogP contribution in [-0.2, 0) is 13.0 Å². The molecule has 0 bridgehead atoms. The molecule has 106 valence electrons. The van der Waals surface area contributed by atoms with Gasteiger partial charge < -0.3 is 9.47 Å². The SMILES string of the molecule is CN1CCC(N(C)C2Cc3cccc4ccn(c34)C2)C1. The van der Waals surface area contributed by atoms with E-state index in [2.05, 4.69) is 58.9 Å². The van der Waals surface area contributed by atoms with E-state index in [0.717, 1.165) is 12.6 Å². The lowest BCUT2D eigenvalue weighted by atomic mass is 9.98. The van der Waals surface area contributed by atoms with E-state index in [1.807, 2.05) is 0 Å². The maximum Gasteiger partial charge on any atom is 0.0513 e. The summed E-state index contributed by atoms with van der Waals surface area (Å²) in [5.74, 6) is 0. The van der Waals surface area contributed by atoms with Crippen LogP contribution < -0.4 is 0 Å². The van der Waals surface area contributed by atoms with Crippen molar-refractivity contribution in [3.63, 3.8) is 0 Å². The summed E-state index contributed by atoms with van der Waals surface area (Å²) in [6.07, 6.45) is 4.76. The van der Waals surface area contributed by atoms with Crippen LogP contribution in [0.25, 0.3) is 10.9 Å². The van der Waals surface area contributed by atoms with Gasteiger partial charge >= 0.3 is 0 Å². The molecule has 1 fully saturated rings. The molecule has 1 saturated heterocycles. The Morgan fingerprint density at radius 2 is 2.05 bits per heavy atom. The Morgan fingerprint density at radius 1 is 1.15 bits per heavy atom. The van der Waals surface area contributed by atoms with Crippen molar-refractivity contribution in [3.8, 4) is 0 Å². The first-order valence-corrected chi connectivity index (χ1v) is 7.69. The summed E-state index contributed by atoms with van der Waals surface area (Å²) in [5.41, 5.74) is 2.97. The van der Waals surface area contributed by atoms with Crippen LogP contribution in [0.4, 0.5) is 0 Å². The van der Waals surface area contributed by atoms with Crippen molar-refractivity contribution in [1.82, 2.24) is 14.4 Å². The lowest BCUT2D eigenvalue weighted by molar-refractivity contribution is 0.155. The fourth-order valence-corrected chi connectivity index (χ4v) is 4.02. The van der Waals surface area contributed by atoms with Crippen LogP contribution in [0.3, 0.4) is 0 Å². The molecule has 20 heavy (non-hydrogen) atoms. The Hall–Kier alpha value is -1.32. The summed E-state index contributed by atoms with van der Waals surface area (Å²) >= 11 is 0. The zero-order valence-electron chi connectivity index (χ0n) is 12.4. The molecule has 3 heterocycles. The Kier molecular flexibility index (Phi) is 2.86. The van der Waals surface area contributed by atoms with E-state index < -0.39 is 0 Å². The first-order valence-electron chi connectivity index (χ1n) is 7.69. The molecule has 3 nitrogen and oxygen atoms in total. The van der Waals surface area contributed by atoms with Crippen LogP contribution in [0.5, 0.6) is 0 Å². The van der Waals surface area contributed by atoms with Gasteiger partial charge in [-0.15, -0.1) is 0 Å². The monoisotopic (exact) mass is 269 g/mol. The van der Waals surface area contributed by atoms with Gasteiger partial charge in [-0.1, -0.05) is 18.2 Å². The van der Waals surface area contributed by atoms with Crippen molar-refractivity contribution in [1.29, 1.82) is 0 Å². The number of likely N-dealkylation sites (tertiary alicyclic amines) is 1. The highest BCUT2D eigenvalue weighted by atomic mass is 15.3. The van der Waals surface area contributed by atoms with Gasteiger partial charge in [-0.3, -0.25) is 4.90 Å². The van der Waals surface area contributed by atoms with Gasteiger partial charge in [-0.05, 0) is 50.5 Å². The Morgan fingerprint density at radius 3 is 2.85 bits per heavy atom. The van der Waals surface area contributed by atoms with Gasteiger partial charge in [0.15, 0.2) is 0 Å². The van der Waals surface area contributed by atoms with Gasteiger partial charge in [0.2, 0.25) is 0 Å². The number of aromatic nitrogens is 1. The number of hydrogen-bond acceptors (Lipinski definition) is 2. The number of benzene rings is 1. The van der Waals surface area contributed by atoms with Crippen LogP contribution in [0, 0.1) is 0 Å². The molecule has 2 aliphatic heterocycles. The molecular weight excluding hydrogens is 246 g/mol. The van der Waals surface area contributed by atoms with E-state index in [9.17, 15) is 0 Å². The average molecular weight is 269 g/mol. The van der Waals surface area contributed by atoms with Crippen LogP contribution in [0.1, 0.15) is 12.0 Å². The third-order valence-corrected chi connectivity index (χ3v) is 5.25. The minimum absolute atomic E-state index is 0.636. The molecule has 4 rings (SSSR count).